The van der Waals surface area contributed by atoms with Crippen LogP contribution in [0.3, 0.4) is 0 Å². The largest absolute Gasteiger partial charge is 0.361 e. The zero-order chi connectivity index (χ0) is 11.6. The van der Waals surface area contributed by atoms with Gasteiger partial charge in [-0.05, 0) is 38.5 Å². The SMILES string of the molecule is CCCC1(CNCc2c(C)noc2C)CC1. The molecule has 90 valence electrons. The summed E-state index contributed by atoms with van der Waals surface area (Å²) in [5.74, 6) is 0.949. The molecule has 0 aliphatic heterocycles. The van der Waals surface area contributed by atoms with Crippen LogP contribution in [0.4, 0.5) is 0 Å². The van der Waals surface area contributed by atoms with Crippen LogP contribution in [-0.4, -0.2) is 11.7 Å². The quantitative estimate of drug-likeness (QED) is 0.804. The van der Waals surface area contributed by atoms with E-state index in [-0.39, 0.29) is 0 Å². The van der Waals surface area contributed by atoms with Gasteiger partial charge in [-0.3, -0.25) is 0 Å². The molecule has 0 bridgehead atoms. The van der Waals surface area contributed by atoms with Gasteiger partial charge in [0.15, 0.2) is 0 Å². The Morgan fingerprint density at radius 1 is 1.38 bits per heavy atom. The molecule has 3 nitrogen and oxygen atoms in total. The van der Waals surface area contributed by atoms with Crippen molar-refractivity contribution in [1.29, 1.82) is 0 Å². The lowest BCUT2D eigenvalue weighted by molar-refractivity contribution is 0.390. The van der Waals surface area contributed by atoms with E-state index in [1.165, 1.54) is 31.2 Å². The van der Waals surface area contributed by atoms with Crippen LogP contribution < -0.4 is 5.32 Å². The van der Waals surface area contributed by atoms with Gasteiger partial charge in [-0.25, -0.2) is 0 Å². The molecule has 1 N–H and O–H groups in total. The van der Waals surface area contributed by atoms with Crippen molar-refractivity contribution in [3.63, 3.8) is 0 Å². The van der Waals surface area contributed by atoms with Crippen LogP contribution in [-0.2, 0) is 6.54 Å². The van der Waals surface area contributed by atoms with Gasteiger partial charge in [0, 0.05) is 18.7 Å². The van der Waals surface area contributed by atoms with Crippen LogP contribution in [0.2, 0.25) is 0 Å². The third-order valence-corrected chi connectivity index (χ3v) is 3.72. The van der Waals surface area contributed by atoms with Crippen LogP contribution >= 0.6 is 0 Å². The molecule has 0 aromatic carbocycles. The fourth-order valence-corrected chi connectivity index (χ4v) is 2.43. The van der Waals surface area contributed by atoms with E-state index in [0.29, 0.717) is 5.41 Å². The maximum absolute atomic E-state index is 5.15. The maximum Gasteiger partial charge on any atom is 0.138 e. The molecular weight excluding hydrogens is 200 g/mol. The molecule has 1 aliphatic carbocycles. The van der Waals surface area contributed by atoms with E-state index in [1.54, 1.807) is 0 Å². The van der Waals surface area contributed by atoms with E-state index >= 15 is 0 Å². The second-order valence-corrected chi connectivity index (χ2v) is 5.16. The molecule has 1 fully saturated rings. The second-order valence-electron chi connectivity index (χ2n) is 5.16. The second kappa shape index (κ2) is 4.58. The van der Waals surface area contributed by atoms with Gasteiger partial charge < -0.3 is 9.84 Å². The first-order valence-corrected chi connectivity index (χ1v) is 6.29. The molecule has 2 rings (SSSR count). The van der Waals surface area contributed by atoms with Gasteiger partial charge >= 0.3 is 0 Å². The Labute approximate surface area is 97.6 Å². The highest BCUT2D eigenvalue weighted by molar-refractivity contribution is 5.20. The zero-order valence-electron chi connectivity index (χ0n) is 10.6. The monoisotopic (exact) mass is 222 g/mol. The maximum atomic E-state index is 5.15. The first-order chi connectivity index (χ1) is 7.67. The van der Waals surface area contributed by atoms with Crippen molar-refractivity contribution in [1.82, 2.24) is 10.5 Å². The molecule has 0 atom stereocenters. The van der Waals surface area contributed by atoms with Crippen LogP contribution in [0.1, 0.15) is 49.6 Å². The van der Waals surface area contributed by atoms with Crippen molar-refractivity contribution >= 4 is 0 Å². The van der Waals surface area contributed by atoms with Crippen LogP contribution in [0.5, 0.6) is 0 Å². The highest BCUT2D eigenvalue weighted by Gasteiger charge is 2.40. The van der Waals surface area contributed by atoms with Crippen molar-refractivity contribution in [2.24, 2.45) is 5.41 Å². The average molecular weight is 222 g/mol. The third-order valence-electron chi connectivity index (χ3n) is 3.72. The standard InChI is InChI=1S/C13H22N2O/c1-4-5-13(6-7-13)9-14-8-12-10(2)15-16-11(12)3/h14H,4-9H2,1-3H3. The van der Waals surface area contributed by atoms with E-state index in [2.05, 4.69) is 17.4 Å². The predicted octanol–water partition coefficient (Wildman–Crippen LogP) is 2.96. The molecule has 1 aromatic heterocycles. The number of nitrogens with zero attached hydrogens (tertiary/aromatic N) is 1. The highest BCUT2D eigenvalue weighted by Crippen LogP contribution is 2.48. The number of hydrogen-bond donors (Lipinski definition) is 1. The number of aryl methyl sites for hydroxylation is 2. The fourth-order valence-electron chi connectivity index (χ4n) is 2.43. The van der Waals surface area contributed by atoms with Crippen LogP contribution in [0.15, 0.2) is 4.52 Å². The number of hydrogen-bond acceptors (Lipinski definition) is 3. The van der Waals surface area contributed by atoms with Gasteiger partial charge in [-0.1, -0.05) is 18.5 Å². The Bertz CT molecular complexity index is 333. The van der Waals surface area contributed by atoms with E-state index < -0.39 is 0 Å². The molecule has 0 spiro atoms. The molecule has 1 aromatic rings. The molecule has 1 aliphatic rings. The molecule has 0 saturated heterocycles. The van der Waals surface area contributed by atoms with Crippen molar-refractivity contribution in [2.45, 2.75) is 53.0 Å². The van der Waals surface area contributed by atoms with E-state index in [9.17, 15) is 0 Å². The Morgan fingerprint density at radius 3 is 2.62 bits per heavy atom. The average Bonchev–Trinajstić information content (AvgIpc) is 2.94. The lowest BCUT2D eigenvalue weighted by atomic mass is 10.0. The van der Waals surface area contributed by atoms with Crippen molar-refractivity contribution in [3.8, 4) is 0 Å². The van der Waals surface area contributed by atoms with E-state index in [0.717, 1.165) is 24.5 Å². The Hall–Kier alpha value is -0.830. The van der Waals surface area contributed by atoms with Gasteiger partial charge in [0.25, 0.3) is 0 Å². The molecular formula is C13H22N2O. The van der Waals surface area contributed by atoms with Crippen molar-refractivity contribution in [2.75, 3.05) is 6.54 Å². The summed E-state index contributed by atoms with van der Waals surface area (Å²) in [4.78, 5) is 0. The molecule has 1 saturated carbocycles. The van der Waals surface area contributed by atoms with Gasteiger partial charge in [0.2, 0.25) is 0 Å². The summed E-state index contributed by atoms with van der Waals surface area (Å²) >= 11 is 0. The fraction of sp³-hybridized carbons (Fsp3) is 0.769. The Morgan fingerprint density at radius 2 is 2.12 bits per heavy atom. The predicted molar refractivity (Wildman–Crippen MR) is 64.3 cm³/mol. The summed E-state index contributed by atoms with van der Waals surface area (Å²) in [7, 11) is 0. The molecule has 0 amide bonds. The lowest BCUT2D eigenvalue weighted by Crippen LogP contribution is -2.23. The Kier molecular flexibility index (Phi) is 3.33. The smallest absolute Gasteiger partial charge is 0.138 e. The normalized spacial score (nSPS) is 17.7. The minimum Gasteiger partial charge on any atom is -0.361 e. The molecule has 0 unspecified atom stereocenters. The van der Waals surface area contributed by atoms with Gasteiger partial charge in [0.05, 0.1) is 5.69 Å². The number of nitrogens with one attached hydrogen (secondary N) is 1. The molecule has 3 heteroatoms. The molecule has 16 heavy (non-hydrogen) atoms. The summed E-state index contributed by atoms with van der Waals surface area (Å²) in [5.41, 5.74) is 2.87. The minimum absolute atomic E-state index is 0.619. The summed E-state index contributed by atoms with van der Waals surface area (Å²) in [6.45, 7) is 8.30. The summed E-state index contributed by atoms with van der Waals surface area (Å²) in [5, 5.41) is 7.53. The van der Waals surface area contributed by atoms with Crippen molar-refractivity contribution < 1.29 is 4.52 Å². The first kappa shape index (κ1) is 11.6. The topological polar surface area (TPSA) is 38.1 Å². The lowest BCUT2D eigenvalue weighted by Gasteiger charge is -2.14. The molecule has 0 radical (unpaired) electrons. The number of rotatable bonds is 6. The number of aromatic nitrogens is 1. The minimum atomic E-state index is 0.619. The summed E-state index contributed by atoms with van der Waals surface area (Å²) < 4.78 is 5.15. The summed E-state index contributed by atoms with van der Waals surface area (Å²) in [6, 6.07) is 0. The Balaban J connectivity index is 1.80. The van der Waals surface area contributed by atoms with Gasteiger partial charge in [0.1, 0.15) is 5.76 Å². The first-order valence-electron chi connectivity index (χ1n) is 6.29. The van der Waals surface area contributed by atoms with Crippen LogP contribution in [0, 0.1) is 19.3 Å². The zero-order valence-corrected chi connectivity index (χ0v) is 10.6. The summed E-state index contributed by atoms with van der Waals surface area (Å²) in [6.07, 6.45) is 5.46. The van der Waals surface area contributed by atoms with E-state index in [4.69, 9.17) is 4.52 Å². The molecule has 1 heterocycles. The van der Waals surface area contributed by atoms with Crippen molar-refractivity contribution in [3.05, 3.63) is 17.0 Å². The van der Waals surface area contributed by atoms with Gasteiger partial charge in [-0.2, -0.15) is 0 Å². The highest BCUT2D eigenvalue weighted by atomic mass is 16.5. The van der Waals surface area contributed by atoms with Crippen LogP contribution in [0.25, 0.3) is 0 Å². The third kappa shape index (κ3) is 2.46. The van der Waals surface area contributed by atoms with E-state index in [1.807, 2.05) is 13.8 Å². The van der Waals surface area contributed by atoms with Gasteiger partial charge in [-0.15, -0.1) is 0 Å².